The summed E-state index contributed by atoms with van der Waals surface area (Å²) in [6.07, 6.45) is 9.21. The van der Waals surface area contributed by atoms with E-state index in [0.29, 0.717) is 5.41 Å². The zero-order chi connectivity index (χ0) is 7.61. The lowest BCUT2D eigenvalue weighted by atomic mass is 9.74. The van der Waals surface area contributed by atoms with Crippen molar-refractivity contribution in [2.45, 2.75) is 40.0 Å². The van der Waals surface area contributed by atoms with Crippen LogP contribution in [0.1, 0.15) is 40.0 Å². The normalized spacial score (nSPS) is 26.9. The predicted octanol–water partition coefficient (Wildman–Crippen LogP) is 3.19. The quantitative estimate of drug-likeness (QED) is 0.481. The van der Waals surface area contributed by atoms with E-state index in [9.17, 15) is 0 Å². The van der Waals surface area contributed by atoms with Crippen molar-refractivity contribution in [2.24, 2.45) is 11.3 Å². The van der Waals surface area contributed by atoms with E-state index in [1.807, 2.05) is 0 Å². The van der Waals surface area contributed by atoms with Gasteiger partial charge < -0.3 is 0 Å². The second-order valence-electron chi connectivity index (χ2n) is 4.25. The Morgan fingerprint density at radius 3 is 2.40 bits per heavy atom. The highest BCUT2D eigenvalue weighted by molar-refractivity contribution is 4.88. The third-order valence-electron chi connectivity index (χ3n) is 2.41. The Bertz CT molecular complexity index is 125. The van der Waals surface area contributed by atoms with Crippen molar-refractivity contribution in [2.75, 3.05) is 0 Å². The molecule has 1 aliphatic carbocycles. The van der Waals surface area contributed by atoms with E-state index in [1.54, 1.807) is 0 Å². The van der Waals surface area contributed by atoms with Gasteiger partial charge in [-0.2, -0.15) is 0 Å². The van der Waals surface area contributed by atoms with Crippen LogP contribution < -0.4 is 0 Å². The molecule has 0 heterocycles. The zero-order valence-electron chi connectivity index (χ0n) is 7.28. The third-order valence-corrected chi connectivity index (χ3v) is 2.41. The highest BCUT2D eigenvalue weighted by atomic mass is 14.3. The first-order chi connectivity index (χ1) is 4.61. The molecular formula is C10H17. The second kappa shape index (κ2) is 2.77. The Labute approximate surface area is 64.3 Å². The Hall–Kier alpha value is -0.260. The lowest BCUT2D eigenvalue weighted by Gasteiger charge is -2.31. The summed E-state index contributed by atoms with van der Waals surface area (Å²) < 4.78 is 0. The minimum absolute atomic E-state index is 0.499. The molecule has 1 aliphatic rings. The Balaban J connectivity index is 2.49. The van der Waals surface area contributed by atoms with Gasteiger partial charge in [-0.15, -0.1) is 0 Å². The molecule has 0 spiro atoms. The van der Waals surface area contributed by atoms with Gasteiger partial charge in [-0.25, -0.2) is 0 Å². The van der Waals surface area contributed by atoms with Gasteiger partial charge in [-0.1, -0.05) is 26.8 Å². The van der Waals surface area contributed by atoms with Crippen molar-refractivity contribution in [3.05, 3.63) is 12.2 Å². The largest absolute Gasteiger partial charge is 0.0808 e. The fourth-order valence-corrected chi connectivity index (χ4v) is 1.49. The highest BCUT2D eigenvalue weighted by Crippen LogP contribution is 2.34. The van der Waals surface area contributed by atoms with Crippen molar-refractivity contribution < 1.29 is 0 Å². The summed E-state index contributed by atoms with van der Waals surface area (Å²) in [5.74, 6) is 0.883. The molecule has 10 heavy (non-hydrogen) atoms. The molecule has 0 amide bonds. The lowest BCUT2D eigenvalue weighted by molar-refractivity contribution is 0.222. The minimum atomic E-state index is 0.499. The van der Waals surface area contributed by atoms with Crippen molar-refractivity contribution in [1.29, 1.82) is 0 Å². The van der Waals surface area contributed by atoms with Gasteiger partial charge in [0.15, 0.2) is 0 Å². The average molecular weight is 137 g/mol. The maximum absolute atomic E-state index is 3.26. The number of rotatable bonds is 0. The highest BCUT2D eigenvalue weighted by Gasteiger charge is 2.23. The molecular weight excluding hydrogens is 120 g/mol. The summed E-state index contributed by atoms with van der Waals surface area (Å²) >= 11 is 0. The van der Waals surface area contributed by atoms with Gasteiger partial charge in [-0.05, 0) is 36.7 Å². The van der Waals surface area contributed by atoms with Gasteiger partial charge in [-0.3, -0.25) is 0 Å². The first-order valence-electron chi connectivity index (χ1n) is 4.16. The van der Waals surface area contributed by atoms with Crippen LogP contribution in [-0.4, -0.2) is 0 Å². The van der Waals surface area contributed by atoms with Gasteiger partial charge >= 0.3 is 0 Å². The van der Waals surface area contributed by atoms with Crippen LogP contribution in [0.15, 0.2) is 6.08 Å². The monoisotopic (exact) mass is 137 g/mol. The van der Waals surface area contributed by atoms with Crippen LogP contribution in [0.3, 0.4) is 0 Å². The maximum Gasteiger partial charge on any atom is -0.0276 e. The van der Waals surface area contributed by atoms with Crippen molar-refractivity contribution in [3.8, 4) is 0 Å². The number of allylic oxidation sites excluding steroid dienone is 2. The lowest BCUT2D eigenvalue weighted by Crippen LogP contribution is -2.21. The third kappa shape index (κ3) is 1.86. The molecule has 0 bridgehead atoms. The molecule has 0 nitrogen and oxygen atoms in total. The van der Waals surface area contributed by atoms with Gasteiger partial charge in [0.2, 0.25) is 0 Å². The van der Waals surface area contributed by atoms with E-state index < -0.39 is 0 Å². The molecule has 0 aromatic heterocycles. The molecule has 57 valence electrons. The van der Waals surface area contributed by atoms with Gasteiger partial charge in [0.1, 0.15) is 0 Å². The number of hydrogen-bond acceptors (Lipinski definition) is 0. The first-order valence-corrected chi connectivity index (χ1v) is 4.16. The van der Waals surface area contributed by atoms with Crippen LogP contribution in [0.2, 0.25) is 0 Å². The summed E-state index contributed by atoms with van der Waals surface area (Å²) in [5.41, 5.74) is 0.499. The molecule has 1 rings (SSSR count). The van der Waals surface area contributed by atoms with Gasteiger partial charge in [0.05, 0.1) is 0 Å². The molecule has 1 unspecified atom stereocenters. The van der Waals surface area contributed by atoms with Crippen LogP contribution in [-0.2, 0) is 0 Å². The van der Waals surface area contributed by atoms with E-state index in [0.717, 1.165) is 5.92 Å². The van der Waals surface area contributed by atoms with E-state index in [1.165, 1.54) is 19.3 Å². The molecule has 0 saturated carbocycles. The van der Waals surface area contributed by atoms with Crippen LogP contribution >= 0.6 is 0 Å². The first kappa shape index (κ1) is 7.84. The summed E-state index contributed by atoms with van der Waals surface area (Å²) in [6, 6.07) is 0. The summed E-state index contributed by atoms with van der Waals surface area (Å²) in [7, 11) is 0. The minimum Gasteiger partial charge on any atom is -0.0808 e. The molecule has 0 heteroatoms. The van der Waals surface area contributed by atoms with Crippen LogP contribution in [0.4, 0.5) is 0 Å². The van der Waals surface area contributed by atoms with E-state index in [-0.39, 0.29) is 0 Å². The molecule has 0 aliphatic heterocycles. The predicted molar refractivity (Wildman–Crippen MR) is 44.6 cm³/mol. The van der Waals surface area contributed by atoms with E-state index in [4.69, 9.17) is 0 Å². The van der Waals surface area contributed by atoms with Gasteiger partial charge in [0, 0.05) is 0 Å². The summed E-state index contributed by atoms with van der Waals surface area (Å²) in [6.45, 7) is 6.99. The molecule has 0 aromatic carbocycles. The molecule has 0 aromatic rings. The SMILES string of the molecule is CC(C)(C)C1CC=[C]CC1. The molecule has 1 atom stereocenters. The fraction of sp³-hybridized carbons (Fsp3) is 0.800. The number of hydrogen-bond donors (Lipinski definition) is 0. The standard InChI is InChI=1S/C10H17/c1-10(2,3)9-7-5-4-6-8-9/h5,9H,6-8H2,1-3H3. The van der Waals surface area contributed by atoms with Gasteiger partial charge in [0.25, 0.3) is 0 Å². The van der Waals surface area contributed by atoms with Crippen molar-refractivity contribution in [1.82, 2.24) is 0 Å². The maximum atomic E-state index is 3.26. The van der Waals surface area contributed by atoms with E-state index in [2.05, 4.69) is 32.9 Å². The van der Waals surface area contributed by atoms with Crippen LogP contribution in [0, 0.1) is 17.4 Å². The Morgan fingerprint density at radius 2 is 2.10 bits per heavy atom. The average Bonchev–Trinajstić information content (AvgIpc) is 1.88. The fourth-order valence-electron chi connectivity index (χ4n) is 1.49. The summed E-state index contributed by atoms with van der Waals surface area (Å²) in [4.78, 5) is 0. The molecule has 0 saturated heterocycles. The van der Waals surface area contributed by atoms with Crippen molar-refractivity contribution in [3.63, 3.8) is 0 Å². The topological polar surface area (TPSA) is 0 Å². The molecule has 1 radical (unpaired) electrons. The van der Waals surface area contributed by atoms with Crippen molar-refractivity contribution >= 4 is 0 Å². The Kier molecular flexibility index (Phi) is 2.18. The van der Waals surface area contributed by atoms with Crippen LogP contribution in [0.5, 0.6) is 0 Å². The molecule has 0 fully saturated rings. The Morgan fingerprint density at radius 1 is 1.40 bits per heavy atom. The summed E-state index contributed by atoms with van der Waals surface area (Å²) in [5, 5.41) is 0. The second-order valence-corrected chi connectivity index (χ2v) is 4.25. The zero-order valence-corrected chi connectivity index (χ0v) is 7.28. The smallest absolute Gasteiger partial charge is 0.0276 e. The molecule has 0 N–H and O–H groups in total. The van der Waals surface area contributed by atoms with Crippen LogP contribution in [0.25, 0.3) is 0 Å². The van der Waals surface area contributed by atoms with E-state index >= 15 is 0 Å².